The van der Waals surface area contributed by atoms with E-state index in [1.165, 1.54) is 23.1 Å². The van der Waals surface area contributed by atoms with Crippen molar-refractivity contribution in [2.45, 2.75) is 19.3 Å². The van der Waals surface area contributed by atoms with E-state index in [9.17, 15) is 0 Å². The molecule has 3 aromatic rings. The molecular formula is C15H18N4. The molecule has 0 radical (unpaired) electrons. The number of hydrogen-bond donors (Lipinski definition) is 2. The summed E-state index contributed by atoms with van der Waals surface area (Å²) in [5.74, 6) is 1.29. The van der Waals surface area contributed by atoms with Crippen molar-refractivity contribution in [3.05, 3.63) is 36.3 Å². The minimum atomic E-state index is 0.570. The van der Waals surface area contributed by atoms with Crippen molar-refractivity contribution in [3.63, 3.8) is 0 Å². The second-order valence-electron chi connectivity index (χ2n) is 5.42. The van der Waals surface area contributed by atoms with E-state index in [4.69, 9.17) is 0 Å². The highest BCUT2D eigenvalue weighted by molar-refractivity contribution is 5.79. The lowest BCUT2D eigenvalue weighted by Gasteiger charge is -2.16. The first kappa shape index (κ1) is 11.1. The first-order chi connectivity index (χ1) is 9.38. The maximum atomic E-state index is 4.58. The number of aromatic amines is 1. The molecule has 0 amide bonds. The average molecular weight is 254 g/mol. The van der Waals surface area contributed by atoms with Crippen molar-refractivity contribution in [1.29, 1.82) is 0 Å². The molecule has 0 unspecified atom stereocenters. The van der Waals surface area contributed by atoms with Gasteiger partial charge in [-0.2, -0.15) is 0 Å². The Hall–Kier alpha value is -1.81. The lowest BCUT2D eigenvalue weighted by atomic mass is 9.91. The number of nitrogens with one attached hydrogen (secondary N) is 2. The number of hydrogen-bond acceptors (Lipinski definition) is 2. The molecule has 1 saturated heterocycles. The highest BCUT2D eigenvalue weighted by atomic mass is 15.0. The maximum Gasteiger partial charge on any atom is 0.137 e. The molecule has 0 bridgehead atoms. The second kappa shape index (κ2) is 4.10. The molecule has 19 heavy (non-hydrogen) atoms. The topological polar surface area (TPSA) is 45.1 Å². The summed E-state index contributed by atoms with van der Waals surface area (Å²) in [4.78, 5) is 7.86. The van der Waals surface area contributed by atoms with Crippen molar-refractivity contribution >= 4 is 16.7 Å². The molecule has 1 aliphatic rings. The lowest BCUT2D eigenvalue weighted by Crippen LogP contribution is -2.12. The van der Waals surface area contributed by atoms with Crippen molar-refractivity contribution < 1.29 is 0 Å². The van der Waals surface area contributed by atoms with Crippen LogP contribution in [0.25, 0.3) is 16.7 Å². The van der Waals surface area contributed by atoms with Gasteiger partial charge in [-0.25, -0.2) is 4.98 Å². The number of fused-ring (bicyclic) bond motifs is 3. The van der Waals surface area contributed by atoms with Crippen LogP contribution in [0.1, 0.15) is 25.0 Å². The molecule has 0 aliphatic carbocycles. The Balaban J connectivity index is 1.96. The summed E-state index contributed by atoms with van der Waals surface area (Å²) in [5.41, 5.74) is 4.79. The third kappa shape index (κ3) is 1.53. The zero-order chi connectivity index (χ0) is 12.8. The standard InChI is InChI=1S/C15H18N4/c1-2-10-7-16-8-11(10)14-9-18-15-4-3-12-13(19(14)15)5-6-17-12/h3-6,9-11,16-17H,2,7-8H2,1H3/t10-,11+/m1/s1. The average Bonchev–Trinajstić information content (AvgIpc) is 3.15. The Morgan fingerprint density at radius 3 is 3.16 bits per heavy atom. The molecule has 4 heteroatoms. The monoisotopic (exact) mass is 254 g/mol. The van der Waals surface area contributed by atoms with Gasteiger partial charge in [0.15, 0.2) is 0 Å². The molecule has 1 fully saturated rings. The first-order valence-electron chi connectivity index (χ1n) is 7.02. The van der Waals surface area contributed by atoms with Crippen LogP contribution in [-0.2, 0) is 0 Å². The summed E-state index contributed by atoms with van der Waals surface area (Å²) in [7, 11) is 0. The van der Waals surface area contributed by atoms with Gasteiger partial charge in [-0.3, -0.25) is 4.40 Å². The van der Waals surface area contributed by atoms with E-state index < -0.39 is 0 Å². The summed E-state index contributed by atoms with van der Waals surface area (Å²) in [6.07, 6.45) is 5.27. The number of imidazole rings is 1. The van der Waals surface area contributed by atoms with Crippen LogP contribution < -0.4 is 5.32 Å². The molecule has 3 aromatic heterocycles. The largest absolute Gasteiger partial charge is 0.360 e. The van der Waals surface area contributed by atoms with Gasteiger partial charge >= 0.3 is 0 Å². The number of aromatic nitrogens is 3. The molecule has 2 atom stereocenters. The Morgan fingerprint density at radius 2 is 2.26 bits per heavy atom. The maximum absolute atomic E-state index is 4.58. The van der Waals surface area contributed by atoms with Crippen LogP contribution in [0, 0.1) is 5.92 Å². The third-order valence-corrected chi connectivity index (χ3v) is 4.46. The number of pyridine rings is 1. The minimum Gasteiger partial charge on any atom is -0.360 e. The number of rotatable bonds is 2. The van der Waals surface area contributed by atoms with E-state index in [1.807, 2.05) is 6.20 Å². The molecule has 4 rings (SSSR count). The normalized spacial score (nSPS) is 23.6. The molecule has 98 valence electrons. The summed E-state index contributed by atoms with van der Waals surface area (Å²) >= 11 is 0. The molecule has 4 heterocycles. The smallest absolute Gasteiger partial charge is 0.137 e. The van der Waals surface area contributed by atoms with Crippen LogP contribution in [0.3, 0.4) is 0 Å². The van der Waals surface area contributed by atoms with Crippen molar-refractivity contribution in [1.82, 2.24) is 19.7 Å². The van der Waals surface area contributed by atoms with Crippen molar-refractivity contribution in [2.75, 3.05) is 13.1 Å². The van der Waals surface area contributed by atoms with Gasteiger partial charge in [0, 0.05) is 30.6 Å². The van der Waals surface area contributed by atoms with Gasteiger partial charge < -0.3 is 10.3 Å². The van der Waals surface area contributed by atoms with Gasteiger partial charge in [0.2, 0.25) is 0 Å². The quantitative estimate of drug-likeness (QED) is 0.738. The Kier molecular flexibility index (Phi) is 2.38. The van der Waals surface area contributed by atoms with E-state index in [1.54, 1.807) is 0 Å². The van der Waals surface area contributed by atoms with Gasteiger partial charge in [-0.15, -0.1) is 0 Å². The van der Waals surface area contributed by atoms with Crippen molar-refractivity contribution in [2.24, 2.45) is 5.92 Å². The van der Waals surface area contributed by atoms with Crippen LogP contribution in [0.4, 0.5) is 0 Å². The van der Waals surface area contributed by atoms with Gasteiger partial charge in [0.05, 0.1) is 11.0 Å². The van der Waals surface area contributed by atoms with E-state index in [0.29, 0.717) is 11.8 Å². The molecule has 2 N–H and O–H groups in total. The van der Waals surface area contributed by atoms with Gasteiger partial charge in [-0.1, -0.05) is 13.3 Å². The highest BCUT2D eigenvalue weighted by Crippen LogP contribution is 2.32. The van der Waals surface area contributed by atoms with E-state index >= 15 is 0 Å². The molecule has 0 saturated carbocycles. The molecule has 1 aliphatic heterocycles. The molecule has 0 spiro atoms. The second-order valence-corrected chi connectivity index (χ2v) is 5.42. The lowest BCUT2D eigenvalue weighted by molar-refractivity contribution is 0.493. The molecule has 4 nitrogen and oxygen atoms in total. The Labute approximate surface area is 111 Å². The summed E-state index contributed by atoms with van der Waals surface area (Å²) < 4.78 is 2.31. The van der Waals surface area contributed by atoms with Gasteiger partial charge in [0.1, 0.15) is 5.65 Å². The zero-order valence-electron chi connectivity index (χ0n) is 11.1. The fourth-order valence-corrected chi connectivity index (χ4v) is 3.39. The fraction of sp³-hybridized carbons (Fsp3) is 0.400. The van der Waals surface area contributed by atoms with E-state index in [2.05, 4.69) is 51.0 Å². The Morgan fingerprint density at radius 1 is 1.32 bits per heavy atom. The fourth-order valence-electron chi connectivity index (χ4n) is 3.39. The van der Waals surface area contributed by atoms with E-state index in [-0.39, 0.29) is 0 Å². The Bertz CT molecular complexity index is 724. The summed E-state index contributed by atoms with van der Waals surface area (Å²) in [6, 6.07) is 6.33. The summed E-state index contributed by atoms with van der Waals surface area (Å²) in [6.45, 7) is 4.46. The predicted molar refractivity (Wildman–Crippen MR) is 76.4 cm³/mol. The van der Waals surface area contributed by atoms with Crippen LogP contribution in [0.5, 0.6) is 0 Å². The summed E-state index contributed by atoms with van der Waals surface area (Å²) in [5, 5.41) is 3.52. The van der Waals surface area contributed by atoms with Gasteiger partial charge in [-0.05, 0) is 30.7 Å². The SMILES string of the molecule is CC[C@@H]1CNC[C@@H]1c1cnc2ccc3[nH]ccc3n12. The minimum absolute atomic E-state index is 0.570. The van der Waals surface area contributed by atoms with Gasteiger partial charge in [0.25, 0.3) is 0 Å². The third-order valence-electron chi connectivity index (χ3n) is 4.46. The number of nitrogens with zero attached hydrogens (tertiary/aromatic N) is 2. The van der Waals surface area contributed by atoms with Crippen LogP contribution >= 0.6 is 0 Å². The molecular weight excluding hydrogens is 236 g/mol. The molecule has 0 aromatic carbocycles. The van der Waals surface area contributed by atoms with E-state index in [0.717, 1.165) is 18.7 Å². The number of H-pyrrole nitrogens is 1. The first-order valence-corrected chi connectivity index (χ1v) is 7.02. The van der Waals surface area contributed by atoms with Crippen LogP contribution in [-0.4, -0.2) is 27.5 Å². The zero-order valence-corrected chi connectivity index (χ0v) is 11.1. The van der Waals surface area contributed by atoms with Crippen LogP contribution in [0.2, 0.25) is 0 Å². The van der Waals surface area contributed by atoms with Crippen molar-refractivity contribution in [3.8, 4) is 0 Å². The van der Waals surface area contributed by atoms with Crippen LogP contribution in [0.15, 0.2) is 30.6 Å². The highest BCUT2D eigenvalue weighted by Gasteiger charge is 2.29. The predicted octanol–water partition coefficient (Wildman–Crippen LogP) is 2.53.